The van der Waals surface area contributed by atoms with Crippen LogP contribution >= 0.6 is 0 Å². The Morgan fingerprint density at radius 3 is 2.22 bits per heavy atom. The quantitative estimate of drug-likeness (QED) is 0.497. The molecule has 0 aliphatic carbocycles. The van der Waals surface area contributed by atoms with Crippen molar-refractivity contribution in [1.82, 2.24) is 0 Å². The van der Waals surface area contributed by atoms with Crippen LogP contribution in [0.2, 0.25) is 0 Å². The highest BCUT2D eigenvalue weighted by atomic mass is 14.1. The molecule has 53 valence electrons. The Bertz CT molecular complexity index is 82.7. The van der Waals surface area contributed by atoms with E-state index < -0.39 is 0 Å². The van der Waals surface area contributed by atoms with Gasteiger partial charge in [-0.2, -0.15) is 0 Å². The zero-order valence-electron chi connectivity index (χ0n) is 6.78. The molecule has 0 aliphatic rings. The predicted molar refractivity (Wildman–Crippen MR) is 43.2 cm³/mol. The molecule has 0 aromatic carbocycles. The third-order valence-electron chi connectivity index (χ3n) is 0.989. The van der Waals surface area contributed by atoms with E-state index in [2.05, 4.69) is 39.8 Å². The molecule has 0 rings (SSSR count). The minimum Gasteiger partial charge on any atom is -0.0880 e. The van der Waals surface area contributed by atoms with Crippen LogP contribution in [0.15, 0.2) is 12.2 Å². The fraction of sp³-hybridized carbons (Fsp3) is 0.667. The highest BCUT2D eigenvalue weighted by Gasteiger charge is 2.01. The fourth-order valence-electron chi connectivity index (χ4n) is 0.555. The minimum absolute atomic E-state index is 0.342. The lowest BCUT2D eigenvalue weighted by Gasteiger charge is -2.10. The molecule has 0 spiro atoms. The third kappa shape index (κ3) is 7.74. The molecule has 0 amide bonds. The number of hydrogen-bond acceptors (Lipinski definition) is 0. The Kier molecular flexibility index (Phi) is 3.60. The minimum atomic E-state index is 0.342. The van der Waals surface area contributed by atoms with Crippen molar-refractivity contribution in [2.75, 3.05) is 0 Å². The van der Waals surface area contributed by atoms with Crippen LogP contribution in [0.1, 0.15) is 33.6 Å². The van der Waals surface area contributed by atoms with Gasteiger partial charge in [0.15, 0.2) is 0 Å². The van der Waals surface area contributed by atoms with Gasteiger partial charge >= 0.3 is 0 Å². The largest absolute Gasteiger partial charge is 0.0880 e. The molecule has 0 saturated carbocycles. The molecule has 9 heavy (non-hydrogen) atoms. The Labute approximate surface area is 59.0 Å². The Hall–Kier alpha value is -0.260. The molecule has 0 heteroatoms. The van der Waals surface area contributed by atoms with Crippen LogP contribution < -0.4 is 0 Å². The van der Waals surface area contributed by atoms with E-state index in [9.17, 15) is 0 Å². The van der Waals surface area contributed by atoms with Gasteiger partial charge in [0, 0.05) is 0 Å². The monoisotopic (exact) mass is 125 g/mol. The lowest BCUT2D eigenvalue weighted by Crippen LogP contribution is -1.97. The summed E-state index contributed by atoms with van der Waals surface area (Å²) in [4.78, 5) is 0. The van der Waals surface area contributed by atoms with Crippen LogP contribution in [0.3, 0.4) is 0 Å². The van der Waals surface area contributed by atoms with Gasteiger partial charge in [-0.1, -0.05) is 39.8 Å². The van der Waals surface area contributed by atoms with Gasteiger partial charge in [0.05, 0.1) is 0 Å². The zero-order valence-corrected chi connectivity index (χ0v) is 6.78. The maximum Gasteiger partial charge on any atom is -0.0203 e. The highest BCUT2D eigenvalue weighted by molar-refractivity contribution is 4.91. The smallest absolute Gasteiger partial charge is 0.0203 e. The molecule has 0 bridgehead atoms. The summed E-state index contributed by atoms with van der Waals surface area (Å²) < 4.78 is 0. The summed E-state index contributed by atoms with van der Waals surface area (Å²) in [6.07, 6.45) is 6.55. The molecule has 0 atom stereocenters. The highest BCUT2D eigenvalue weighted by Crippen LogP contribution is 2.14. The standard InChI is InChI=1S/C9H17/c1-5-6-7-8-9(2,3)4/h7-8H,1,5-6H2,2-4H3. The first kappa shape index (κ1) is 8.74. The molecule has 0 nitrogen and oxygen atoms in total. The number of allylic oxidation sites excluding steroid dienone is 2. The van der Waals surface area contributed by atoms with Crippen molar-refractivity contribution in [3.8, 4) is 0 Å². The molecule has 0 aromatic heterocycles. The number of rotatable bonds is 2. The van der Waals surface area contributed by atoms with Crippen molar-refractivity contribution in [1.29, 1.82) is 0 Å². The molecule has 0 heterocycles. The van der Waals surface area contributed by atoms with Crippen molar-refractivity contribution in [3.63, 3.8) is 0 Å². The Balaban J connectivity index is 3.45. The second kappa shape index (κ2) is 3.71. The van der Waals surface area contributed by atoms with E-state index in [4.69, 9.17) is 0 Å². The van der Waals surface area contributed by atoms with E-state index in [1.165, 1.54) is 0 Å². The van der Waals surface area contributed by atoms with Crippen molar-refractivity contribution < 1.29 is 0 Å². The van der Waals surface area contributed by atoms with Crippen LogP contribution in [0.25, 0.3) is 0 Å². The fourth-order valence-corrected chi connectivity index (χ4v) is 0.555. The van der Waals surface area contributed by atoms with Gasteiger partial charge in [-0.05, 0) is 18.3 Å². The maximum atomic E-state index is 3.75. The molecular formula is C9H17. The van der Waals surface area contributed by atoms with Crippen LogP contribution in [0, 0.1) is 12.3 Å². The van der Waals surface area contributed by atoms with Gasteiger partial charge in [-0.25, -0.2) is 0 Å². The summed E-state index contributed by atoms with van der Waals surface area (Å²) in [7, 11) is 0. The molecule has 0 N–H and O–H groups in total. The van der Waals surface area contributed by atoms with Crippen molar-refractivity contribution in [3.05, 3.63) is 19.1 Å². The number of hydrogen-bond donors (Lipinski definition) is 0. The van der Waals surface area contributed by atoms with E-state index in [1.807, 2.05) is 0 Å². The molecule has 0 fully saturated rings. The molecule has 0 saturated heterocycles. The number of unbranched alkanes of at least 4 members (excludes halogenated alkanes) is 1. The van der Waals surface area contributed by atoms with Gasteiger partial charge in [0.1, 0.15) is 0 Å². The average Bonchev–Trinajstić information content (AvgIpc) is 1.63. The maximum absolute atomic E-state index is 3.75. The van der Waals surface area contributed by atoms with Gasteiger partial charge in [-0.3, -0.25) is 0 Å². The third-order valence-corrected chi connectivity index (χ3v) is 0.989. The van der Waals surface area contributed by atoms with Gasteiger partial charge in [0.25, 0.3) is 0 Å². The van der Waals surface area contributed by atoms with E-state index in [0.717, 1.165) is 12.8 Å². The molecule has 1 radical (unpaired) electrons. The van der Waals surface area contributed by atoms with Crippen molar-refractivity contribution in [2.45, 2.75) is 33.6 Å². The second-order valence-electron chi connectivity index (χ2n) is 3.41. The van der Waals surface area contributed by atoms with Crippen LogP contribution in [0.5, 0.6) is 0 Å². The van der Waals surface area contributed by atoms with Gasteiger partial charge in [0.2, 0.25) is 0 Å². The summed E-state index contributed by atoms with van der Waals surface area (Å²) in [5, 5.41) is 0. The van der Waals surface area contributed by atoms with Crippen molar-refractivity contribution in [2.24, 2.45) is 5.41 Å². The molecule has 0 unspecified atom stereocenters. The normalized spacial score (nSPS) is 12.9. The lowest BCUT2D eigenvalue weighted by atomic mass is 9.96. The predicted octanol–water partition coefficient (Wildman–Crippen LogP) is 3.20. The van der Waals surface area contributed by atoms with E-state index >= 15 is 0 Å². The zero-order chi connectivity index (χ0) is 7.33. The second-order valence-corrected chi connectivity index (χ2v) is 3.41. The first-order chi connectivity index (χ1) is 4.06. The Morgan fingerprint density at radius 2 is 1.89 bits per heavy atom. The van der Waals surface area contributed by atoms with E-state index in [0.29, 0.717) is 5.41 Å². The SMILES string of the molecule is [CH2]CCC=CC(C)(C)C. The molecular weight excluding hydrogens is 108 g/mol. The first-order valence-electron chi connectivity index (χ1n) is 3.53. The summed E-state index contributed by atoms with van der Waals surface area (Å²) in [6.45, 7) is 10.4. The Morgan fingerprint density at radius 1 is 1.33 bits per heavy atom. The van der Waals surface area contributed by atoms with Crippen LogP contribution in [-0.4, -0.2) is 0 Å². The topological polar surface area (TPSA) is 0 Å². The first-order valence-corrected chi connectivity index (χ1v) is 3.53. The summed E-state index contributed by atoms with van der Waals surface area (Å²) >= 11 is 0. The average molecular weight is 125 g/mol. The molecule has 0 aromatic rings. The van der Waals surface area contributed by atoms with Crippen LogP contribution in [-0.2, 0) is 0 Å². The summed E-state index contributed by atoms with van der Waals surface area (Å²) in [5.74, 6) is 0. The summed E-state index contributed by atoms with van der Waals surface area (Å²) in [6, 6.07) is 0. The van der Waals surface area contributed by atoms with Crippen molar-refractivity contribution >= 4 is 0 Å². The van der Waals surface area contributed by atoms with Gasteiger partial charge < -0.3 is 0 Å². The molecule has 0 aliphatic heterocycles. The van der Waals surface area contributed by atoms with Gasteiger partial charge in [-0.15, -0.1) is 0 Å². The summed E-state index contributed by atoms with van der Waals surface area (Å²) in [5.41, 5.74) is 0.342. The van der Waals surface area contributed by atoms with E-state index in [1.54, 1.807) is 0 Å². The van der Waals surface area contributed by atoms with E-state index in [-0.39, 0.29) is 0 Å². The lowest BCUT2D eigenvalue weighted by molar-refractivity contribution is 0.542. The van der Waals surface area contributed by atoms with Crippen LogP contribution in [0.4, 0.5) is 0 Å².